The van der Waals surface area contributed by atoms with Crippen molar-refractivity contribution in [1.29, 1.82) is 0 Å². The van der Waals surface area contributed by atoms with Gasteiger partial charge in [-0.15, -0.1) is 0 Å². The van der Waals surface area contributed by atoms with Crippen LogP contribution in [0.25, 0.3) is 0 Å². The first-order valence-corrected chi connectivity index (χ1v) is 11.0. The van der Waals surface area contributed by atoms with Crippen LogP contribution in [0.3, 0.4) is 0 Å². The molecule has 0 bridgehead atoms. The van der Waals surface area contributed by atoms with E-state index >= 15 is 0 Å². The van der Waals surface area contributed by atoms with E-state index in [1.54, 1.807) is 20.1 Å². The summed E-state index contributed by atoms with van der Waals surface area (Å²) < 4.78 is 31.1. The maximum Gasteiger partial charge on any atom is 0.244 e. The number of anilines is 1. The second-order valence-corrected chi connectivity index (χ2v) is 8.98. The second kappa shape index (κ2) is 9.03. The van der Waals surface area contributed by atoms with Crippen molar-refractivity contribution in [3.8, 4) is 5.75 Å². The summed E-state index contributed by atoms with van der Waals surface area (Å²) in [5.74, 6) is 0.169. The number of amides is 1. The molecule has 1 amide bonds. The van der Waals surface area contributed by atoms with Crippen LogP contribution < -0.4 is 14.4 Å². The molecule has 0 aliphatic rings. The highest BCUT2D eigenvalue weighted by Gasteiger charge is 2.30. The Morgan fingerprint density at radius 3 is 2.32 bits per heavy atom. The number of benzene rings is 2. The minimum atomic E-state index is -3.76. The lowest BCUT2D eigenvalue weighted by Gasteiger charge is -2.29. The number of para-hydroxylation sites is 1. The molecule has 0 fully saturated rings. The van der Waals surface area contributed by atoms with E-state index in [2.05, 4.69) is 5.32 Å². The van der Waals surface area contributed by atoms with Crippen molar-refractivity contribution in [2.24, 2.45) is 0 Å². The number of carbonyl (C=O) groups excluding carboxylic acids is 1. The molecule has 0 spiro atoms. The van der Waals surface area contributed by atoms with Crippen molar-refractivity contribution in [1.82, 2.24) is 5.32 Å². The number of methoxy groups -OCH3 is 1. The van der Waals surface area contributed by atoms with Gasteiger partial charge in [0.1, 0.15) is 11.8 Å². The zero-order chi connectivity index (χ0) is 21.1. The van der Waals surface area contributed by atoms with Crippen LogP contribution in [0, 0.1) is 0 Å². The largest absolute Gasteiger partial charge is 0.496 e. The summed E-state index contributed by atoms with van der Waals surface area (Å²) in [5, 5.41) is 3.32. The third-order valence-electron chi connectivity index (χ3n) is 4.21. The van der Waals surface area contributed by atoms with E-state index in [0.717, 1.165) is 16.1 Å². The van der Waals surface area contributed by atoms with Crippen LogP contribution in [-0.4, -0.2) is 33.7 Å². The first-order valence-electron chi connectivity index (χ1n) is 8.44. The lowest BCUT2D eigenvalue weighted by Crippen LogP contribution is -2.48. The van der Waals surface area contributed by atoms with Gasteiger partial charge in [-0.05, 0) is 38.1 Å². The van der Waals surface area contributed by atoms with Gasteiger partial charge < -0.3 is 10.1 Å². The van der Waals surface area contributed by atoms with Crippen LogP contribution in [0.1, 0.15) is 25.5 Å². The Balaban J connectivity index is 2.30. The van der Waals surface area contributed by atoms with Gasteiger partial charge in [-0.3, -0.25) is 9.10 Å². The number of carbonyl (C=O) groups is 1. The Kier molecular flexibility index (Phi) is 7.20. The van der Waals surface area contributed by atoms with Crippen molar-refractivity contribution in [3.05, 3.63) is 58.1 Å². The van der Waals surface area contributed by atoms with Crippen LogP contribution >= 0.6 is 23.2 Å². The molecule has 0 aliphatic carbocycles. The van der Waals surface area contributed by atoms with Crippen LogP contribution in [0.5, 0.6) is 5.75 Å². The summed E-state index contributed by atoms with van der Waals surface area (Å²) in [4.78, 5) is 12.8. The van der Waals surface area contributed by atoms with Gasteiger partial charge in [-0.1, -0.05) is 41.4 Å². The van der Waals surface area contributed by atoms with Crippen molar-refractivity contribution in [3.63, 3.8) is 0 Å². The molecule has 0 unspecified atom stereocenters. The molecule has 0 aliphatic heterocycles. The summed E-state index contributed by atoms with van der Waals surface area (Å²) >= 11 is 11.9. The van der Waals surface area contributed by atoms with Crippen LogP contribution in [0.2, 0.25) is 10.0 Å². The fraction of sp³-hybridized carbons (Fsp3) is 0.316. The Bertz CT molecular complexity index is 966. The Morgan fingerprint density at radius 2 is 1.75 bits per heavy atom. The molecule has 28 heavy (non-hydrogen) atoms. The number of nitrogens with zero attached hydrogens (tertiary/aromatic N) is 1. The van der Waals surface area contributed by atoms with Gasteiger partial charge >= 0.3 is 0 Å². The minimum absolute atomic E-state index is 0.197. The van der Waals surface area contributed by atoms with Gasteiger partial charge in [0.25, 0.3) is 0 Å². The molecule has 2 rings (SSSR count). The highest BCUT2D eigenvalue weighted by Crippen LogP contribution is 2.30. The molecular weight excluding hydrogens is 423 g/mol. The Morgan fingerprint density at radius 1 is 1.11 bits per heavy atom. The van der Waals surface area contributed by atoms with Gasteiger partial charge in [0.15, 0.2) is 0 Å². The Hall–Kier alpha value is -1.96. The highest BCUT2D eigenvalue weighted by atomic mass is 35.5. The third kappa shape index (κ3) is 5.10. The summed E-state index contributed by atoms with van der Waals surface area (Å²) in [5.41, 5.74) is 1.04. The summed E-state index contributed by atoms with van der Waals surface area (Å²) in [6.45, 7) is 3.31. The molecule has 0 radical (unpaired) electrons. The maximum atomic E-state index is 12.8. The number of hydrogen-bond acceptors (Lipinski definition) is 4. The van der Waals surface area contributed by atoms with Crippen molar-refractivity contribution in [2.45, 2.75) is 25.9 Å². The SMILES string of the molecule is COc1ccccc1[C@H](C)NC(=O)[C@@H](C)N(c1ccc(Cl)c(Cl)c1)S(C)(=O)=O. The average molecular weight is 445 g/mol. The zero-order valence-electron chi connectivity index (χ0n) is 15.9. The van der Waals surface area contributed by atoms with Gasteiger partial charge in [-0.2, -0.15) is 0 Å². The number of rotatable bonds is 7. The van der Waals surface area contributed by atoms with E-state index < -0.39 is 22.0 Å². The van der Waals surface area contributed by atoms with Gasteiger partial charge in [0.05, 0.1) is 35.1 Å². The molecule has 2 aromatic rings. The number of halogens is 2. The summed E-state index contributed by atoms with van der Waals surface area (Å²) in [6.07, 6.45) is 1.03. The number of sulfonamides is 1. The molecule has 0 saturated heterocycles. The first-order chi connectivity index (χ1) is 13.1. The topological polar surface area (TPSA) is 75.7 Å². The molecule has 0 aromatic heterocycles. The van der Waals surface area contributed by atoms with E-state index in [1.807, 2.05) is 18.2 Å². The van der Waals surface area contributed by atoms with E-state index in [4.69, 9.17) is 27.9 Å². The third-order valence-corrected chi connectivity index (χ3v) is 6.19. The molecule has 9 heteroatoms. The predicted molar refractivity (Wildman–Crippen MR) is 113 cm³/mol. The van der Waals surface area contributed by atoms with E-state index in [-0.39, 0.29) is 16.8 Å². The predicted octanol–water partition coefficient (Wildman–Crippen LogP) is 4.03. The maximum absolute atomic E-state index is 12.8. The van der Waals surface area contributed by atoms with Gasteiger partial charge in [-0.25, -0.2) is 8.42 Å². The molecular formula is C19H22Cl2N2O4S. The lowest BCUT2D eigenvalue weighted by atomic mass is 10.1. The normalized spacial score (nSPS) is 13.5. The Labute approximate surface area is 175 Å². The van der Waals surface area contributed by atoms with E-state index in [1.165, 1.54) is 25.1 Å². The number of hydrogen-bond donors (Lipinski definition) is 1. The fourth-order valence-corrected chi connectivity index (χ4v) is 4.33. The van der Waals surface area contributed by atoms with Gasteiger partial charge in [0.2, 0.25) is 15.9 Å². The highest BCUT2D eigenvalue weighted by molar-refractivity contribution is 7.92. The van der Waals surface area contributed by atoms with Crippen molar-refractivity contribution >= 4 is 44.8 Å². The summed E-state index contributed by atoms with van der Waals surface area (Å²) in [7, 11) is -2.21. The molecule has 1 N–H and O–H groups in total. The molecule has 2 atom stereocenters. The number of ether oxygens (including phenoxy) is 1. The molecule has 0 saturated carbocycles. The van der Waals surface area contributed by atoms with E-state index in [0.29, 0.717) is 10.8 Å². The standard InChI is InChI=1S/C19H22Cl2N2O4S/c1-12(15-7-5-6-8-18(15)27-3)22-19(24)13(2)23(28(4,25)26)14-9-10-16(20)17(21)11-14/h5-13H,1-4H3,(H,22,24)/t12-,13+/m0/s1. The molecule has 6 nitrogen and oxygen atoms in total. The number of nitrogens with one attached hydrogen (secondary N) is 1. The summed E-state index contributed by atoms with van der Waals surface area (Å²) in [6, 6.07) is 10.3. The quantitative estimate of drug-likeness (QED) is 0.698. The average Bonchev–Trinajstić information content (AvgIpc) is 2.63. The van der Waals surface area contributed by atoms with Crippen LogP contribution in [-0.2, 0) is 14.8 Å². The monoisotopic (exact) mass is 444 g/mol. The molecule has 0 heterocycles. The van der Waals surface area contributed by atoms with Crippen LogP contribution in [0.4, 0.5) is 5.69 Å². The molecule has 2 aromatic carbocycles. The second-order valence-electron chi connectivity index (χ2n) is 6.31. The van der Waals surface area contributed by atoms with Crippen LogP contribution in [0.15, 0.2) is 42.5 Å². The molecule has 152 valence electrons. The van der Waals surface area contributed by atoms with Crippen molar-refractivity contribution < 1.29 is 17.9 Å². The van der Waals surface area contributed by atoms with Gasteiger partial charge in [0, 0.05) is 5.56 Å². The fourth-order valence-electron chi connectivity index (χ4n) is 2.87. The first kappa shape index (κ1) is 22.3. The zero-order valence-corrected chi connectivity index (χ0v) is 18.3. The van der Waals surface area contributed by atoms with Crippen molar-refractivity contribution in [2.75, 3.05) is 17.7 Å². The van der Waals surface area contributed by atoms with E-state index in [9.17, 15) is 13.2 Å². The minimum Gasteiger partial charge on any atom is -0.496 e. The smallest absolute Gasteiger partial charge is 0.244 e. The lowest BCUT2D eigenvalue weighted by molar-refractivity contribution is -0.122.